The van der Waals surface area contributed by atoms with Crippen LogP contribution in [-0.2, 0) is 0 Å². The molecule has 1 aromatic rings. The predicted octanol–water partition coefficient (Wildman–Crippen LogP) is -3.99. The summed E-state index contributed by atoms with van der Waals surface area (Å²) in [6.07, 6.45) is 3.29. The van der Waals surface area contributed by atoms with Crippen LogP contribution < -0.4 is 23.6 Å². The van der Waals surface area contributed by atoms with Crippen molar-refractivity contribution in [3.05, 3.63) is 22.8 Å². The van der Waals surface area contributed by atoms with Crippen LogP contribution in [0.5, 0.6) is 0 Å². The third-order valence-corrected chi connectivity index (χ3v) is 0.668. The summed E-state index contributed by atoms with van der Waals surface area (Å²) in [5.41, 5.74) is 7.86. The Labute approximate surface area is 73.6 Å². The minimum atomic E-state index is -4.94. The van der Waals surface area contributed by atoms with Crippen LogP contribution >= 0.6 is 0 Å². The number of hydrogen-bond donors (Lipinski definition) is 1. The molecule has 72 valence electrons. The third-order valence-electron chi connectivity index (χ3n) is 0.668. The maximum atomic E-state index is 8.49. The molecule has 10 heteroatoms. The first-order chi connectivity index (χ1) is 5.93. The molecule has 0 saturated heterocycles. The molecule has 0 fully saturated rings. The topological polar surface area (TPSA) is 171 Å². The summed E-state index contributed by atoms with van der Waals surface area (Å²) in [6.45, 7) is 0. The fraction of sp³-hybridized carbons (Fsp3) is 0. The second-order valence-electron chi connectivity index (χ2n) is 1.54. The van der Waals surface area contributed by atoms with E-state index in [-0.39, 0.29) is 0 Å². The SMILES string of the molecule is [N-]=[N+]=Nc1[nH]cc[nH+]1.[O-][Cl+3]([O-])([O-])[O-]. The summed E-state index contributed by atoms with van der Waals surface area (Å²) < 4.78 is 34.0. The van der Waals surface area contributed by atoms with Gasteiger partial charge in [-0.2, -0.15) is 0 Å². The van der Waals surface area contributed by atoms with Crippen molar-refractivity contribution >= 4 is 5.95 Å². The van der Waals surface area contributed by atoms with E-state index in [0.717, 1.165) is 0 Å². The van der Waals surface area contributed by atoms with Gasteiger partial charge in [-0.05, 0) is 0 Å². The highest BCUT2D eigenvalue weighted by Gasteiger charge is 2.02. The molecule has 0 aliphatic rings. The molecule has 13 heavy (non-hydrogen) atoms. The summed E-state index contributed by atoms with van der Waals surface area (Å²) >= 11 is 0. The van der Waals surface area contributed by atoms with Crippen molar-refractivity contribution in [3.8, 4) is 0 Å². The fourth-order valence-corrected chi connectivity index (χ4v) is 0.385. The second-order valence-corrected chi connectivity index (χ2v) is 2.29. The van der Waals surface area contributed by atoms with Crippen LogP contribution in [0.4, 0.5) is 5.95 Å². The number of H-pyrrole nitrogens is 2. The summed E-state index contributed by atoms with van der Waals surface area (Å²) in [4.78, 5) is 7.86. The van der Waals surface area contributed by atoms with Crippen molar-refractivity contribution in [2.45, 2.75) is 0 Å². The van der Waals surface area contributed by atoms with Gasteiger partial charge in [0.15, 0.2) is 0 Å². The van der Waals surface area contributed by atoms with Gasteiger partial charge < -0.3 is 0 Å². The molecular weight excluding hydrogens is 206 g/mol. The first kappa shape index (κ1) is 11.6. The van der Waals surface area contributed by atoms with Crippen LogP contribution in [0.1, 0.15) is 0 Å². The maximum Gasteiger partial charge on any atom is 0.480 e. The fourth-order valence-electron chi connectivity index (χ4n) is 0.385. The standard InChI is InChI=1S/C3H3N5.ClHO4/c4-8-7-3-5-1-2-6-3;2-1(3,4)5/h1-2H,(H,5,6);(H,2,3,4,5). The van der Waals surface area contributed by atoms with Crippen LogP contribution in [0.2, 0.25) is 0 Å². The van der Waals surface area contributed by atoms with Gasteiger partial charge in [-0.1, -0.05) is 0 Å². The second kappa shape index (κ2) is 5.32. The molecule has 0 spiro atoms. The number of aromatic nitrogens is 2. The van der Waals surface area contributed by atoms with Crippen LogP contribution in [-0.4, -0.2) is 4.98 Å². The lowest BCUT2D eigenvalue weighted by atomic mass is 11.0. The lowest BCUT2D eigenvalue weighted by molar-refractivity contribution is -2.00. The van der Waals surface area contributed by atoms with E-state index in [0.29, 0.717) is 5.95 Å². The largest absolute Gasteiger partial charge is 0.480 e. The lowest BCUT2D eigenvalue weighted by Crippen LogP contribution is -2.68. The van der Waals surface area contributed by atoms with Gasteiger partial charge in [0.05, 0.1) is 12.4 Å². The molecular formula is C3H4ClN5O4. The van der Waals surface area contributed by atoms with E-state index in [9.17, 15) is 0 Å². The van der Waals surface area contributed by atoms with Crippen LogP contribution in [0.25, 0.3) is 10.4 Å². The van der Waals surface area contributed by atoms with Gasteiger partial charge in [0, 0.05) is 5.53 Å². The monoisotopic (exact) mass is 209 g/mol. The molecule has 0 unspecified atom stereocenters. The highest BCUT2D eigenvalue weighted by Crippen LogP contribution is 1.92. The van der Waals surface area contributed by atoms with Gasteiger partial charge in [-0.15, -0.1) is 10.2 Å². The zero-order valence-corrected chi connectivity index (χ0v) is 6.76. The van der Waals surface area contributed by atoms with Crippen molar-refractivity contribution in [3.63, 3.8) is 0 Å². The minimum absolute atomic E-state index is 0.424. The molecule has 0 radical (unpaired) electrons. The Morgan fingerprint density at radius 2 is 2.00 bits per heavy atom. The van der Waals surface area contributed by atoms with Gasteiger partial charge in [0.25, 0.3) is 0 Å². The van der Waals surface area contributed by atoms with E-state index >= 15 is 0 Å². The predicted molar refractivity (Wildman–Crippen MR) is 26.2 cm³/mol. The average Bonchev–Trinajstić information content (AvgIpc) is 2.36. The highest BCUT2D eigenvalue weighted by atomic mass is 35.7. The van der Waals surface area contributed by atoms with Crippen LogP contribution in [0, 0.1) is 10.2 Å². The molecule has 2 N–H and O–H groups in total. The molecule has 0 aromatic carbocycles. The summed E-state index contributed by atoms with van der Waals surface area (Å²) in [7, 11) is -4.94. The van der Waals surface area contributed by atoms with Gasteiger partial charge >= 0.3 is 11.1 Å². The Kier molecular flexibility index (Phi) is 4.77. The smallest absolute Gasteiger partial charge is 0.240 e. The Morgan fingerprint density at radius 1 is 1.46 bits per heavy atom. The van der Waals surface area contributed by atoms with Crippen LogP contribution in [0.15, 0.2) is 17.5 Å². The summed E-state index contributed by atoms with van der Waals surface area (Å²) in [5.74, 6) is 0.424. The number of hydrogen-bond acceptors (Lipinski definition) is 5. The van der Waals surface area contributed by atoms with Gasteiger partial charge in [-0.25, -0.2) is 28.6 Å². The summed E-state index contributed by atoms with van der Waals surface area (Å²) in [6, 6.07) is 0. The molecule has 0 saturated carbocycles. The molecule has 0 bridgehead atoms. The molecule has 1 rings (SSSR count). The number of nitrogens with one attached hydrogen (secondary N) is 2. The van der Waals surface area contributed by atoms with E-state index in [1.807, 2.05) is 0 Å². The van der Waals surface area contributed by atoms with E-state index in [4.69, 9.17) is 24.2 Å². The zero-order valence-electron chi connectivity index (χ0n) is 6.01. The van der Waals surface area contributed by atoms with Gasteiger partial charge in [0.1, 0.15) is 0 Å². The highest BCUT2D eigenvalue weighted by molar-refractivity contribution is 5.01. The van der Waals surface area contributed by atoms with E-state index < -0.39 is 10.2 Å². The maximum absolute atomic E-state index is 8.49. The number of imidazole rings is 1. The third kappa shape index (κ3) is 10.7. The summed E-state index contributed by atoms with van der Waals surface area (Å²) in [5, 5.41) is 3.24. The lowest BCUT2D eigenvalue weighted by Gasteiger charge is -2.17. The van der Waals surface area contributed by atoms with Gasteiger partial charge in [0.2, 0.25) is 4.91 Å². The Morgan fingerprint density at radius 3 is 2.31 bits per heavy atom. The van der Waals surface area contributed by atoms with E-state index in [1.165, 1.54) is 0 Å². The Hall–Kier alpha value is -1.35. The van der Waals surface area contributed by atoms with Crippen LogP contribution in [0.3, 0.4) is 0 Å². The molecule has 0 atom stereocenters. The van der Waals surface area contributed by atoms with Crippen molar-refractivity contribution in [1.29, 1.82) is 0 Å². The molecule has 0 amide bonds. The number of halogens is 1. The average molecular weight is 210 g/mol. The molecule has 0 aliphatic carbocycles. The normalized spacial score (nSPS) is 9.54. The molecule has 9 nitrogen and oxygen atoms in total. The Balaban J connectivity index is 0.000000252. The van der Waals surface area contributed by atoms with E-state index in [1.54, 1.807) is 12.4 Å². The molecule has 1 heterocycles. The van der Waals surface area contributed by atoms with Crippen molar-refractivity contribution in [1.82, 2.24) is 4.98 Å². The van der Waals surface area contributed by atoms with E-state index in [2.05, 4.69) is 20.0 Å². The van der Waals surface area contributed by atoms with Crippen molar-refractivity contribution in [2.75, 3.05) is 0 Å². The first-order valence-corrected chi connectivity index (χ1v) is 3.89. The van der Waals surface area contributed by atoms with Crippen molar-refractivity contribution in [2.24, 2.45) is 5.11 Å². The zero-order chi connectivity index (χ0) is 10.3. The number of azide groups is 1. The Bertz CT molecular complexity index is 268. The molecule has 1 aromatic heterocycles. The number of rotatable bonds is 1. The molecule has 0 aliphatic heterocycles. The van der Waals surface area contributed by atoms with Crippen molar-refractivity contribution < 1.29 is 33.9 Å². The number of nitrogens with zero attached hydrogens (tertiary/aromatic N) is 3. The minimum Gasteiger partial charge on any atom is -0.240 e. The first-order valence-electron chi connectivity index (χ1n) is 2.65. The number of aromatic amines is 2. The van der Waals surface area contributed by atoms with Gasteiger partial charge in [-0.3, -0.25) is 0 Å². The quantitative estimate of drug-likeness (QED) is 0.282.